The quantitative estimate of drug-likeness (QED) is 0.838. The Morgan fingerprint density at radius 3 is 2.65 bits per heavy atom. The van der Waals surface area contributed by atoms with Crippen LogP contribution in [0.1, 0.15) is 31.4 Å². The number of hydrogen-bond acceptors (Lipinski definition) is 3. The largest absolute Gasteiger partial charge is 0.489 e. The van der Waals surface area contributed by atoms with Crippen molar-refractivity contribution in [3.8, 4) is 17.0 Å². The topological polar surface area (TPSA) is 35.0 Å². The molecular formula is C16H17ClN2O. The van der Waals surface area contributed by atoms with Crippen LogP contribution in [0.2, 0.25) is 5.02 Å². The highest BCUT2D eigenvalue weighted by atomic mass is 35.5. The number of hydrogen-bond donors (Lipinski definition) is 0. The monoisotopic (exact) mass is 288 g/mol. The van der Waals surface area contributed by atoms with Gasteiger partial charge >= 0.3 is 0 Å². The molecule has 1 aromatic heterocycles. The van der Waals surface area contributed by atoms with Crippen molar-refractivity contribution in [3.63, 3.8) is 0 Å². The lowest BCUT2D eigenvalue weighted by atomic mass is 10.1. The predicted octanol–water partition coefficient (Wildman–Crippen LogP) is 4.43. The minimum Gasteiger partial charge on any atom is -0.489 e. The van der Waals surface area contributed by atoms with Crippen LogP contribution in [0.3, 0.4) is 0 Å². The standard InChI is InChI=1S/C16H17ClN2O/c1-11-8-15(19-10-18-11)12-6-7-16(14(17)9-12)20-13-4-2-3-5-13/h6-10,13H,2-5H2,1H3. The highest BCUT2D eigenvalue weighted by molar-refractivity contribution is 6.32. The van der Waals surface area contributed by atoms with Crippen LogP contribution in [0.5, 0.6) is 5.75 Å². The molecule has 4 heteroatoms. The van der Waals surface area contributed by atoms with Gasteiger partial charge in [0.1, 0.15) is 12.1 Å². The first kappa shape index (κ1) is 13.4. The lowest BCUT2D eigenvalue weighted by Crippen LogP contribution is -2.11. The fraction of sp³-hybridized carbons (Fsp3) is 0.375. The Kier molecular flexibility index (Phi) is 3.88. The van der Waals surface area contributed by atoms with Gasteiger partial charge in [-0.25, -0.2) is 9.97 Å². The van der Waals surface area contributed by atoms with Crippen LogP contribution >= 0.6 is 11.6 Å². The Labute approximate surface area is 124 Å². The van der Waals surface area contributed by atoms with E-state index in [0.29, 0.717) is 11.1 Å². The van der Waals surface area contributed by atoms with E-state index in [9.17, 15) is 0 Å². The second-order valence-electron chi connectivity index (χ2n) is 5.21. The molecule has 1 aliphatic rings. The van der Waals surface area contributed by atoms with E-state index in [4.69, 9.17) is 16.3 Å². The Hall–Kier alpha value is -1.61. The van der Waals surface area contributed by atoms with Crippen LogP contribution < -0.4 is 4.74 Å². The van der Waals surface area contributed by atoms with Crippen molar-refractivity contribution in [2.45, 2.75) is 38.7 Å². The highest BCUT2D eigenvalue weighted by Crippen LogP contribution is 2.32. The van der Waals surface area contributed by atoms with Crippen molar-refractivity contribution < 1.29 is 4.74 Å². The fourth-order valence-corrected chi connectivity index (χ4v) is 2.78. The first-order valence-corrected chi connectivity index (χ1v) is 7.35. The smallest absolute Gasteiger partial charge is 0.138 e. The average molecular weight is 289 g/mol. The molecule has 104 valence electrons. The molecule has 1 aromatic carbocycles. The molecule has 0 bridgehead atoms. The zero-order chi connectivity index (χ0) is 13.9. The summed E-state index contributed by atoms with van der Waals surface area (Å²) in [6.45, 7) is 1.95. The third-order valence-corrected chi connectivity index (χ3v) is 3.92. The maximum atomic E-state index is 6.33. The molecule has 1 saturated carbocycles. The maximum absolute atomic E-state index is 6.33. The molecule has 1 heterocycles. The zero-order valence-corrected chi connectivity index (χ0v) is 12.2. The van der Waals surface area contributed by atoms with E-state index in [0.717, 1.165) is 35.5 Å². The fourth-order valence-electron chi connectivity index (χ4n) is 2.55. The SMILES string of the molecule is Cc1cc(-c2ccc(OC3CCCC3)c(Cl)c2)ncn1. The van der Waals surface area contributed by atoms with Gasteiger partial charge in [0, 0.05) is 11.3 Å². The van der Waals surface area contributed by atoms with Crippen LogP contribution in [-0.2, 0) is 0 Å². The number of benzene rings is 1. The molecule has 0 spiro atoms. The summed E-state index contributed by atoms with van der Waals surface area (Å²) in [5.41, 5.74) is 2.81. The number of aromatic nitrogens is 2. The van der Waals surface area contributed by atoms with Gasteiger partial charge in [-0.15, -0.1) is 0 Å². The van der Waals surface area contributed by atoms with Crippen molar-refractivity contribution in [1.82, 2.24) is 9.97 Å². The first-order valence-electron chi connectivity index (χ1n) is 6.97. The Balaban J connectivity index is 1.83. The molecule has 0 N–H and O–H groups in total. The number of halogens is 1. The number of nitrogens with zero attached hydrogens (tertiary/aromatic N) is 2. The van der Waals surface area contributed by atoms with Crippen molar-refractivity contribution in [1.29, 1.82) is 0 Å². The van der Waals surface area contributed by atoms with Crippen molar-refractivity contribution in [2.24, 2.45) is 0 Å². The van der Waals surface area contributed by atoms with Gasteiger partial charge in [0.05, 0.1) is 16.8 Å². The van der Waals surface area contributed by atoms with E-state index in [1.165, 1.54) is 12.8 Å². The maximum Gasteiger partial charge on any atom is 0.138 e. The molecule has 1 fully saturated rings. The van der Waals surface area contributed by atoms with Gasteiger partial charge in [0.2, 0.25) is 0 Å². The molecule has 3 nitrogen and oxygen atoms in total. The molecule has 0 aliphatic heterocycles. The van der Waals surface area contributed by atoms with Crippen LogP contribution in [0.15, 0.2) is 30.6 Å². The lowest BCUT2D eigenvalue weighted by molar-refractivity contribution is 0.210. The molecular weight excluding hydrogens is 272 g/mol. The van der Waals surface area contributed by atoms with Gasteiger partial charge in [-0.1, -0.05) is 11.6 Å². The molecule has 1 aliphatic carbocycles. The summed E-state index contributed by atoms with van der Waals surface area (Å²) in [7, 11) is 0. The van der Waals surface area contributed by atoms with Crippen molar-refractivity contribution in [2.75, 3.05) is 0 Å². The Morgan fingerprint density at radius 2 is 1.95 bits per heavy atom. The summed E-state index contributed by atoms with van der Waals surface area (Å²) in [5.74, 6) is 0.771. The van der Waals surface area contributed by atoms with Crippen molar-refractivity contribution in [3.05, 3.63) is 41.3 Å². The normalized spacial score (nSPS) is 15.5. The second-order valence-corrected chi connectivity index (χ2v) is 5.62. The van der Waals surface area contributed by atoms with Crippen LogP contribution in [0.25, 0.3) is 11.3 Å². The summed E-state index contributed by atoms with van der Waals surface area (Å²) in [5, 5.41) is 0.644. The van der Waals surface area contributed by atoms with Crippen LogP contribution in [-0.4, -0.2) is 16.1 Å². The van der Waals surface area contributed by atoms with Gasteiger partial charge in [-0.3, -0.25) is 0 Å². The summed E-state index contributed by atoms with van der Waals surface area (Å²) in [6.07, 6.45) is 6.65. The van der Waals surface area contributed by atoms with Crippen LogP contribution in [0, 0.1) is 6.92 Å². The number of rotatable bonds is 3. The molecule has 0 saturated heterocycles. The van der Waals surface area contributed by atoms with E-state index in [1.54, 1.807) is 6.33 Å². The van der Waals surface area contributed by atoms with Crippen LogP contribution in [0.4, 0.5) is 0 Å². The molecule has 0 radical (unpaired) electrons. The van der Waals surface area contributed by atoms with E-state index >= 15 is 0 Å². The Morgan fingerprint density at radius 1 is 1.15 bits per heavy atom. The Bertz CT molecular complexity index is 609. The van der Waals surface area contributed by atoms with Gasteiger partial charge in [-0.2, -0.15) is 0 Å². The summed E-state index contributed by atoms with van der Waals surface area (Å²) in [4.78, 5) is 8.38. The van der Waals surface area contributed by atoms with E-state index in [-0.39, 0.29) is 0 Å². The molecule has 0 atom stereocenters. The summed E-state index contributed by atoms with van der Waals surface area (Å²) in [6, 6.07) is 7.79. The molecule has 2 aromatic rings. The minimum absolute atomic E-state index is 0.319. The van der Waals surface area contributed by atoms with Crippen molar-refractivity contribution >= 4 is 11.6 Å². The number of ether oxygens (including phenoxy) is 1. The van der Waals surface area contributed by atoms with Gasteiger partial charge in [0.25, 0.3) is 0 Å². The molecule has 20 heavy (non-hydrogen) atoms. The average Bonchev–Trinajstić information content (AvgIpc) is 2.94. The molecule has 0 unspecified atom stereocenters. The summed E-state index contributed by atoms with van der Waals surface area (Å²) >= 11 is 6.33. The third-order valence-electron chi connectivity index (χ3n) is 3.63. The van der Waals surface area contributed by atoms with Gasteiger partial charge < -0.3 is 4.74 Å². The molecule has 3 rings (SSSR count). The van der Waals surface area contributed by atoms with Gasteiger partial charge in [0.15, 0.2) is 0 Å². The second kappa shape index (κ2) is 5.80. The van der Waals surface area contributed by atoms with E-state index < -0.39 is 0 Å². The minimum atomic E-state index is 0.319. The van der Waals surface area contributed by atoms with E-state index in [2.05, 4.69) is 9.97 Å². The predicted molar refractivity (Wildman–Crippen MR) is 80.1 cm³/mol. The molecule has 0 amide bonds. The summed E-state index contributed by atoms with van der Waals surface area (Å²) < 4.78 is 5.96. The third kappa shape index (κ3) is 2.93. The zero-order valence-electron chi connectivity index (χ0n) is 11.5. The highest BCUT2D eigenvalue weighted by Gasteiger charge is 2.17. The van der Waals surface area contributed by atoms with E-state index in [1.807, 2.05) is 31.2 Å². The number of aryl methyl sites for hydroxylation is 1. The first-order chi connectivity index (χ1) is 9.72. The lowest BCUT2D eigenvalue weighted by Gasteiger charge is -2.14. The van der Waals surface area contributed by atoms with Gasteiger partial charge in [-0.05, 0) is 56.9 Å².